The van der Waals surface area contributed by atoms with Crippen LogP contribution in [0.3, 0.4) is 0 Å². The van der Waals surface area contributed by atoms with E-state index < -0.39 is 41.2 Å². The molecule has 2 aliphatic rings. The summed E-state index contributed by atoms with van der Waals surface area (Å²) < 4.78 is 72.0. The third kappa shape index (κ3) is 4.98. The number of ether oxygens (including phenoxy) is 3. The molecule has 1 aromatic carbocycles. The van der Waals surface area contributed by atoms with E-state index in [1.807, 2.05) is 6.08 Å². The van der Waals surface area contributed by atoms with E-state index in [9.17, 15) is 22.4 Å². The largest absolute Gasteiger partial charge is 0.475 e. The number of hydrogen-bond acceptors (Lipinski definition) is 8. The van der Waals surface area contributed by atoms with E-state index >= 15 is 0 Å². The van der Waals surface area contributed by atoms with Crippen molar-refractivity contribution in [3.8, 4) is 11.6 Å². The molecule has 3 aromatic rings. The van der Waals surface area contributed by atoms with E-state index in [1.165, 1.54) is 31.5 Å². The molecule has 0 radical (unpaired) electrons. The number of carbonyl (C=O) groups is 1. The third-order valence-corrected chi connectivity index (χ3v) is 6.92. The third-order valence-electron chi connectivity index (χ3n) is 6.92. The number of aromatic nitrogens is 5. The number of carbonyl (C=O) groups excluding carboxylic acids is 1. The normalized spacial score (nSPS) is 22.9. The number of esters is 1. The topological polar surface area (TPSA) is 101 Å². The molecule has 0 N–H and O–H groups in total. The molecular weight excluding hydrogens is 522 g/mol. The Morgan fingerprint density at radius 2 is 1.97 bits per heavy atom. The number of benzene rings is 1. The van der Waals surface area contributed by atoms with Crippen LogP contribution in [0.15, 0.2) is 42.6 Å². The van der Waals surface area contributed by atoms with Gasteiger partial charge in [0, 0.05) is 11.5 Å². The standard InChI is InChI=1S/C26H25F4N5O4/c1-14(2)39-22-20(10-18(12-31-22)35-24(26(28,29)30)32-33-34-35)16-11-25(38-13-16)9-8-19(23(36)37-3)21(25)15-4-6-17(27)7-5-15/h4-7,10-12,14,19,21H,8-9,13H2,1-3H3/t19-,21+,25+/m0/s1. The highest BCUT2D eigenvalue weighted by Crippen LogP contribution is 2.54. The minimum Gasteiger partial charge on any atom is -0.475 e. The van der Waals surface area contributed by atoms with Gasteiger partial charge in [0.05, 0.1) is 43.2 Å². The van der Waals surface area contributed by atoms with Crippen LogP contribution in [-0.2, 0) is 20.4 Å². The van der Waals surface area contributed by atoms with Crippen LogP contribution in [0.25, 0.3) is 11.3 Å². The maximum Gasteiger partial charge on any atom is 0.453 e. The SMILES string of the molecule is COC(=O)[C@H]1CC[C@@]2(C=C(c3cc(-n4nnnc4C(F)(F)F)cnc3OC(C)C)CO2)[C@@H]1c1ccc(F)cc1. The lowest BCUT2D eigenvalue weighted by atomic mass is 9.79. The van der Waals surface area contributed by atoms with Crippen molar-refractivity contribution >= 4 is 11.5 Å². The molecule has 0 bridgehead atoms. The molecule has 206 valence electrons. The van der Waals surface area contributed by atoms with E-state index in [4.69, 9.17) is 14.2 Å². The highest BCUT2D eigenvalue weighted by molar-refractivity contribution is 5.78. The smallest absolute Gasteiger partial charge is 0.453 e. The van der Waals surface area contributed by atoms with E-state index in [0.717, 1.165) is 0 Å². The highest BCUT2D eigenvalue weighted by atomic mass is 19.4. The molecule has 5 rings (SSSR count). The van der Waals surface area contributed by atoms with Gasteiger partial charge in [-0.05, 0) is 72.5 Å². The van der Waals surface area contributed by atoms with Crippen molar-refractivity contribution in [1.82, 2.24) is 25.2 Å². The fourth-order valence-corrected chi connectivity index (χ4v) is 5.35. The van der Waals surface area contributed by atoms with Gasteiger partial charge in [0.2, 0.25) is 5.88 Å². The van der Waals surface area contributed by atoms with Crippen molar-refractivity contribution in [1.29, 1.82) is 0 Å². The van der Waals surface area contributed by atoms with Crippen LogP contribution in [-0.4, -0.2) is 56.6 Å². The quantitative estimate of drug-likeness (QED) is 0.328. The minimum absolute atomic E-state index is 0.0192. The lowest BCUT2D eigenvalue weighted by Crippen LogP contribution is -2.34. The van der Waals surface area contributed by atoms with E-state index in [0.29, 0.717) is 34.2 Å². The predicted molar refractivity (Wildman–Crippen MR) is 128 cm³/mol. The molecule has 3 heterocycles. The predicted octanol–water partition coefficient (Wildman–Crippen LogP) is 4.52. The molecule has 3 atom stereocenters. The molecule has 39 heavy (non-hydrogen) atoms. The van der Waals surface area contributed by atoms with Crippen molar-refractivity contribution < 1.29 is 36.6 Å². The summed E-state index contributed by atoms with van der Waals surface area (Å²) in [6.45, 7) is 3.67. The van der Waals surface area contributed by atoms with E-state index in [1.54, 1.807) is 26.0 Å². The fourth-order valence-electron chi connectivity index (χ4n) is 5.35. The van der Waals surface area contributed by atoms with Gasteiger partial charge in [0.1, 0.15) is 5.82 Å². The summed E-state index contributed by atoms with van der Waals surface area (Å²) in [6, 6.07) is 7.33. The fraction of sp³-hybridized carbons (Fsp3) is 0.423. The molecule has 0 amide bonds. The van der Waals surface area contributed by atoms with Gasteiger partial charge >= 0.3 is 12.1 Å². The second kappa shape index (κ2) is 10.0. The van der Waals surface area contributed by atoms with Gasteiger partial charge in [0.25, 0.3) is 5.82 Å². The van der Waals surface area contributed by atoms with Crippen molar-refractivity contribution in [2.24, 2.45) is 5.92 Å². The summed E-state index contributed by atoms with van der Waals surface area (Å²) in [5.41, 5.74) is 0.758. The van der Waals surface area contributed by atoms with Crippen molar-refractivity contribution in [2.45, 2.75) is 50.5 Å². The Hall–Kier alpha value is -3.87. The van der Waals surface area contributed by atoms with Gasteiger partial charge in [-0.3, -0.25) is 4.79 Å². The summed E-state index contributed by atoms with van der Waals surface area (Å²) in [5.74, 6) is -2.94. The summed E-state index contributed by atoms with van der Waals surface area (Å²) in [6.07, 6.45) is -1.07. The van der Waals surface area contributed by atoms with Gasteiger partial charge in [-0.15, -0.1) is 5.10 Å². The zero-order valence-electron chi connectivity index (χ0n) is 21.3. The first-order valence-corrected chi connectivity index (χ1v) is 12.2. The number of rotatable bonds is 6. The van der Waals surface area contributed by atoms with Gasteiger partial charge in [0.15, 0.2) is 0 Å². The maximum absolute atomic E-state index is 13.7. The molecular formula is C26H25F4N5O4. The lowest BCUT2D eigenvalue weighted by Gasteiger charge is -2.31. The molecule has 0 unspecified atom stereocenters. The highest BCUT2D eigenvalue weighted by Gasteiger charge is 2.54. The summed E-state index contributed by atoms with van der Waals surface area (Å²) in [5, 5.41) is 9.79. The Labute approximate surface area is 220 Å². The van der Waals surface area contributed by atoms with Crippen LogP contribution in [0.4, 0.5) is 17.6 Å². The number of pyridine rings is 1. The van der Waals surface area contributed by atoms with Crippen LogP contribution in [0.1, 0.15) is 49.6 Å². The average Bonchev–Trinajstić information content (AvgIpc) is 3.63. The van der Waals surface area contributed by atoms with E-state index in [-0.39, 0.29) is 24.3 Å². The first kappa shape index (κ1) is 26.7. The van der Waals surface area contributed by atoms with Crippen molar-refractivity contribution in [3.63, 3.8) is 0 Å². The minimum atomic E-state index is -4.79. The average molecular weight is 548 g/mol. The Kier molecular flexibility index (Phi) is 6.87. The lowest BCUT2D eigenvalue weighted by molar-refractivity contribution is -0.147. The van der Waals surface area contributed by atoms with Crippen LogP contribution < -0.4 is 4.74 Å². The van der Waals surface area contributed by atoms with Crippen LogP contribution in [0.2, 0.25) is 0 Å². The number of methoxy groups -OCH3 is 1. The molecule has 13 heteroatoms. The monoisotopic (exact) mass is 547 g/mol. The maximum atomic E-state index is 13.7. The zero-order chi connectivity index (χ0) is 27.9. The van der Waals surface area contributed by atoms with Gasteiger partial charge in [-0.1, -0.05) is 12.1 Å². The summed E-state index contributed by atoms with van der Waals surface area (Å²) in [4.78, 5) is 17.0. The van der Waals surface area contributed by atoms with Crippen molar-refractivity contribution in [2.75, 3.05) is 13.7 Å². The zero-order valence-corrected chi connectivity index (χ0v) is 21.3. The Morgan fingerprint density at radius 1 is 1.23 bits per heavy atom. The van der Waals surface area contributed by atoms with Crippen molar-refractivity contribution in [3.05, 3.63) is 65.4 Å². The molecule has 9 nitrogen and oxygen atoms in total. The molecule has 0 saturated heterocycles. The van der Waals surface area contributed by atoms with Gasteiger partial charge < -0.3 is 14.2 Å². The van der Waals surface area contributed by atoms with Crippen LogP contribution in [0.5, 0.6) is 5.88 Å². The Bertz CT molecular complexity index is 1410. The second-order valence-electron chi connectivity index (χ2n) is 9.74. The molecule has 2 aromatic heterocycles. The number of tetrazole rings is 1. The Morgan fingerprint density at radius 3 is 2.64 bits per heavy atom. The van der Waals surface area contributed by atoms with Gasteiger partial charge in [-0.2, -0.15) is 17.9 Å². The first-order valence-electron chi connectivity index (χ1n) is 12.2. The summed E-state index contributed by atoms with van der Waals surface area (Å²) >= 11 is 0. The van der Waals surface area contributed by atoms with Crippen LogP contribution >= 0.6 is 0 Å². The number of nitrogens with zero attached hydrogens (tertiary/aromatic N) is 5. The molecule has 1 aliphatic carbocycles. The Balaban J connectivity index is 1.61. The molecule has 1 aliphatic heterocycles. The second-order valence-corrected chi connectivity index (χ2v) is 9.74. The number of hydrogen-bond donors (Lipinski definition) is 0. The molecule has 1 saturated carbocycles. The summed E-state index contributed by atoms with van der Waals surface area (Å²) in [7, 11) is 1.31. The number of halogens is 4. The van der Waals surface area contributed by atoms with E-state index in [2.05, 4.69) is 20.5 Å². The molecule has 1 spiro atoms. The van der Waals surface area contributed by atoms with Crippen LogP contribution in [0, 0.1) is 11.7 Å². The molecule has 1 fully saturated rings. The first-order chi connectivity index (χ1) is 18.5. The number of alkyl halides is 3. The van der Waals surface area contributed by atoms with Gasteiger partial charge in [-0.25, -0.2) is 9.37 Å².